The highest BCUT2D eigenvalue weighted by Gasteiger charge is 2.52. The van der Waals surface area contributed by atoms with E-state index in [1.165, 1.54) is 31.2 Å². The Balaban J connectivity index is 1.80. The number of rotatable bonds is 5. The Kier molecular flexibility index (Phi) is 10.1. The molecule has 0 aliphatic carbocycles. The van der Waals surface area contributed by atoms with Crippen molar-refractivity contribution in [1.29, 1.82) is 0 Å². The molecule has 1 aliphatic rings. The molecule has 3 atom stereocenters. The van der Waals surface area contributed by atoms with Crippen LogP contribution in [0.2, 0.25) is 0 Å². The number of hydrogen-bond donors (Lipinski definition) is 2. The highest BCUT2D eigenvalue weighted by Crippen LogP contribution is 2.45. The molecule has 0 bridgehead atoms. The van der Waals surface area contributed by atoms with Crippen LogP contribution in [0.1, 0.15) is 60.3 Å². The number of halogens is 8. The van der Waals surface area contributed by atoms with Gasteiger partial charge in [-0.3, -0.25) is 14.9 Å². The first-order chi connectivity index (χ1) is 22.2. The summed E-state index contributed by atoms with van der Waals surface area (Å²) in [6.45, 7) is 4.98. The van der Waals surface area contributed by atoms with Gasteiger partial charge in [0.1, 0.15) is 22.8 Å². The molecule has 0 radical (unpaired) electrons. The molecule has 3 amide bonds. The van der Waals surface area contributed by atoms with Gasteiger partial charge in [0.15, 0.2) is 0 Å². The quantitative estimate of drug-likeness (QED) is 0.263. The summed E-state index contributed by atoms with van der Waals surface area (Å²) in [6, 6.07) is 8.89. The van der Waals surface area contributed by atoms with E-state index < -0.39 is 89.5 Å². The molecular weight excluding hydrogens is 654 g/mol. The van der Waals surface area contributed by atoms with E-state index in [9.17, 15) is 49.5 Å². The first-order valence-electron chi connectivity index (χ1n) is 14.6. The minimum atomic E-state index is -4.98. The van der Waals surface area contributed by atoms with Crippen molar-refractivity contribution >= 4 is 29.3 Å². The number of aryl methyl sites for hydroxylation is 1. The molecule has 1 heterocycles. The number of ether oxygens (including phenoxy) is 1. The smallest absolute Gasteiger partial charge is 0.416 e. The van der Waals surface area contributed by atoms with E-state index in [-0.39, 0.29) is 22.5 Å². The summed E-state index contributed by atoms with van der Waals surface area (Å²) in [5.74, 6) is -9.48. The molecule has 2 N–H and O–H groups in total. The number of nitrogens with zero attached hydrogens (tertiary/aromatic N) is 1. The molecule has 0 saturated carbocycles. The number of nitrogens with one attached hydrogen (secondary N) is 2. The average molecular weight is 686 g/mol. The van der Waals surface area contributed by atoms with Crippen LogP contribution >= 0.6 is 0 Å². The molecule has 48 heavy (non-hydrogen) atoms. The van der Waals surface area contributed by atoms with Crippen LogP contribution in [0.5, 0.6) is 0 Å². The van der Waals surface area contributed by atoms with E-state index in [0.29, 0.717) is 11.0 Å². The van der Waals surface area contributed by atoms with Crippen LogP contribution in [0, 0.1) is 30.4 Å². The third kappa shape index (κ3) is 8.42. The van der Waals surface area contributed by atoms with Gasteiger partial charge in [0.05, 0.1) is 23.4 Å². The van der Waals surface area contributed by atoms with E-state index in [1.807, 2.05) is 0 Å². The SMILES string of the molecule is Cc1ccc(NC(=O)[C@H]2C[C@@H](C(F)(F)F)CN(C(=O)c3c(F)cccc3F)[C@H]2c2ccc(NC(=O)OC(C)(C)C)cc2)cc1C(F)(F)F. The monoisotopic (exact) mass is 685 g/mol. The Morgan fingerprint density at radius 2 is 1.42 bits per heavy atom. The summed E-state index contributed by atoms with van der Waals surface area (Å²) in [4.78, 5) is 40.2. The molecule has 3 aromatic rings. The summed E-state index contributed by atoms with van der Waals surface area (Å²) < 4.78 is 118. The number of amides is 3. The van der Waals surface area contributed by atoms with Crippen LogP contribution in [0.25, 0.3) is 0 Å². The van der Waals surface area contributed by atoms with Gasteiger partial charge in [-0.25, -0.2) is 13.6 Å². The summed E-state index contributed by atoms with van der Waals surface area (Å²) >= 11 is 0. The Hall–Kier alpha value is -4.69. The van der Waals surface area contributed by atoms with Gasteiger partial charge >= 0.3 is 18.4 Å². The van der Waals surface area contributed by atoms with Crippen LogP contribution in [-0.4, -0.2) is 41.1 Å². The standard InChI is InChI=1S/C33H31F8N3O4/c1-17-8-11-21(15-23(17)33(39,40)41)42-28(45)22-14-19(32(36,37)38)16-44(29(46)26-24(34)6-5-7-25(26)35)27(22)18-9-12-20(13-10-18)43-30(47)48-31(2,3)4/h5-13,15,19,22,27H,14,16H2,1-4H3,(H,42,45)(H,43,47)/t19-,22+,27+/m1/s1. The second kappa shape index (κ2) is 13.4. The molecule has 4 rings (SSSR count). The van der Waals surface area contributed by atoms with Gasteiger partial charge in [0.25, 0.3) is 5.91 Å². The lowest BCUT2D eigenvalue weighted by Gasteiger charge is -2.44. The van der Waals surface area contributed by atoms with Crippen LogP contribution in [0.4, 0.5) is 51.3 Å². The molecule has 1 saturated heterocycles. The number of anilines is 2. The first-order valence-corrected chi connectivity index (χ1v) is 14.6. The van der Waals surface area contributed by atoms with Crippen LogP contribution in [0.3, 0.4) is 0 Å². The van der Waals surface area contributed by atoms with E-state index in [2.05, 4.69) is 10.6 Å². The van der Waals surface area contributed by atoms with Crippen molar-refractivity contribution in [2.24, 2.45) is 11.8 Å². The molecule has 7 nitrogen and oxygen atoms in total. The van der Waals surface area contributed by atoms with Crippen molar-refractivity contribution in [3.63, 3.8) is 0 Å². The van der Waals surface area contributed by atoms with Gasteiger partial charge in [-0.15, -0.1) is 0 Å². The minimum Gasteiger partial charge on any atom is -0.444 e. The van der Waals surface area contributed by atoms with Gasteiger partial charge in [0, 0.05) is 17.9 Å². The average Bonchev–Trinajstić information content (AvgIpc) is 2.95. The molecule has 0 aromatic heterocycles. The molecule has 0 spiro atoms. The van der Waals surface area contributed by atoms with Crippen molar-refractivity contribution in [1.82, 2.24) is 4.90 Å². The second-order valence-electron chi connectivity index (χ2n) is 12.3. The predicted octanol–water partition coefficient (Wildman–Crippen LogP) is 8.66. The molecule has 0 unspecified atom stereocenters. The summed E-state index contributed by atoms with van der Waals surface area (Å²) in [7, 11) is 0. The van der Waals surface area contributed by atoms with Crippen molar-refractivity contribution in [3.05, 3.63) is 94.6 Å². The first kappa shape index (κ1) is 36.2. The lowest BCUT2D eigenvalue weighted by molar-refractivity contribution is -0.193. The Morgan fingerprint density at radius 3 is 1.96 bits per heavy atom. The van der Waals surface area contributed by atoms with Gasteiger partial charge in [-0.1, -0.05) is 24.3 Å². The van der Waals surface area contributed by atoms with Crippen molar-refractivity contribution in [2.75, 3.05) is 17.2 Å². The van der Waals surface area contributed by atoms with E-state index in [1.54, 1.807) is 20.8 Å². The number of carbonyl (C=O) groups excluding carboxylic acids is 3. The topological polar surface area (TPSA) is 87.7 Å². The van der Waals surface area contributed by atoms with Crippen molar-refractivity contribution in [3.8, 4) is 0 Å². The second-order valence-corrected chi connectivity index (χ2v) is 12.3. The molecule has 15 heteroatoms. The number of carbonyl (C=O) groups is 3. The summed E-state index contributed by atoms with van der Waals surface area (Å²) in [5, 5.41) is 4.70. The fourth-order valence-electron chi connectivity index (χ4n) is 5.46. The molecular formula is C33H31F8N3O4. The van der Waals surface area contributed by atoms with Crippen LogP contribution < -0.4 is 10.6 Å². The zero-order valence-corrected chi connectivity index (χ0v) is 26.0. The zero-order chi connectivity index (χ0) is 35.8. The van der Waals surface area contributed by atoms with Gasteiger partial charge < -0.3 is 15.0 Å². The largest absolute Gasteiger partial charge is 0.444 e. The third-order valence-electron chi connectivity index (χ3n) is 7.62. The van der Waals surface area contributed by atoms with Crippen LogP contribution in [0.15, 0.2) is 60.7 Å². The Morgan fingerprint density at radius 1 is 0.833 bits per heavy atom. The maximum atomic E-state index is 14.8. The van der Waals surface area contributed by atoms with E-state index in [0.717, 1.165) is 30.3 Å². The summed E-state index contributed by atoms with van der Waals surface area (Å²) in [5.41, 5.74) is -3.43. The summed E-state index contributed by atoms with van der Waals surface area (Å²) in [6.07, 6.45) is -11.5. The lowest BCUT2D eigenvalue weighted by atomic mass is 9.78. The fourth-order valence-corrected chi connectivity index (χ4v) is 5.46. The van der Waals surface area contributed by atoms with Gasteiger partial charge in [0.2, 0.25) is 5.91 Å². The third-order valence-corrected chi connectivity index (χ3v) is 7.62. The number of piperidine rings is 1. The molecule has 258 valence electrons. The van der Waals surface area contributed by atoms with E-state index >= 15 is 0 Å². The van der Waals surface area contributed by atoms with Gasteiger partial charge in [-0.2, -0.15) is 26.3 Å². The number of hydrogen-bond acceptors (Lipinski definition) is 4. The van der Waals surface area contributed by atoms with Crippen molar-refractivity contribution in [2.45, 2.75) is 58.1 Å². The number of likely N-dealkylation sites (tertiary alicyclic amines) is 1. The number of benzene rings is 3. The molecule has 1 aliphatic heterocycles. The van der Waals surface area contributed by atoms with Gasteiger partial charge in [-0.05, 0) is 81.6 Å². The zero-order valence-electron chi connectivity index (χ0n) is 26.0. The maximum absolute atomic E-state index is 14.8. The number of alkyl halides is 6. The fraction of sp³-hybridized carbons (Fsp3) is 0.364. The highest BCUT2D eigenvalue weighted by atomic mass is 19.4. The van der Waals surface area contributed by atoms with Crippen molar-refractivity contribution < 1.29 is 54.2 Å². The maximum Gasteiger partial charge on any atom is 0.416 e. The normalized spacial score (nSPS) is 18.7. The minimum absolute atomic E-state index is 0.0375. The lowest BCUT2D eigenvalue weighted by Crippen LogP contribution is -2.52. The van der Waals surface area contributed by atoms with Crippen LogP contribution in [-0.2, 0) is 15.7 Å². The van der Waals surface area contributed by atoms with E-state index in [4.69, 9.17) is 4.74 Å². The highest BCUT2D eigenvalue weighted by molar-refractivity contribution is 5.97. The Labute approximate surface area is 270 Å². The predicted molar refractivity (Wildman–Crippen MR) is 159 cm³/mol. The Bertz CT molecular complexity index is 1660. The molecule has 3 aromatic carbocycles. The molecule has 1 fully saturated rings.